The molecule has 0 bridgehead atoms. The molecule has 0 aliphatic carbocycles. The summed E-state index contributed by atoms with van der Waals surface area (Å²) in [5.41, 5.74) is 0.430. The van der Waals surface area contributed by atoms with Gasteiger partial charge in [-0.25, -0.2) is 4.79 Å². The van der Waals surface area contributed by atoms with Gasteiger partial charge in [-0.2, -0.15) is 0 Å². The van der Waals surface area contributed by atoms with Crippen molar-refractivity contribution < 1.29 is 19.5 Å². The summed E-state index contributed by atoms with van der Waals surface area (Å²) < 4.78 is 0. The molecule has 0 aliphatic heterocycles. The minimum atomic E-state index is -1.29. The third-order valence-electron chi connectivity index (χ3n) is 3.86. The Balaban J connectivity index is 2.56. The van der Waals surface area contributed by atoms with E-state index in [1.165, 1.54) is 6.92 Å². The average molecular weight is 305 g/mol. The fraction of sp³-hybridized carbons (Fsp3) is 0.471. The van der Waals surface area contributed by atoms with Crippen LogP contribution in [0.1, 0.15) is 56.0 Å². The van der Waals surface area contributed by atoms with E-state index in [9.17, 15) is 14.4 Å². The first-order valence-electron chi connectivity index (χ1n) is 7.49. The van der Waals surface area contributed by atoms with Crippen LogP contribution in [0.2, 0.25) is 0 Å². The first-order chi connectivity index (χ1) is 10.3. The highest BCUT2D eigenvalue weighted by molar-refractivity contribution is 5.98. The summed E-state index contributed by atoms with van der Waals surface area (Å²) in [6.45, 7) is 5.18. The topological polar surface area (TPSA) is 83.5 Å². The molecule has 2 N–H and O–H groups in total. The maximum Gasteiger partial charge on any atom is 0.329 e. The quantitative estimate of drug-likeness (QED) is 0.723. The summed E-state index contributed by atoms with van der Waals surface area (Å²) >= 11 is 0. The number of carbonyl (C=O) groups is 3. The van der Waals surface area contributed by atoms with Crippen molar-refractivity contribution in [1.29, 1.82) is 0 Å². The van der Waals surface area contributed by atoms with Gasteiger partial charge in [0.1, 0.15) is 5.54 Å². The van der Waals surface area contributed by atoms with E-state index in [0.717, 1.165) is 12.0 Å². The molecule has 0 spiro atoms. The van der Waals surface area contributed by atoms with E-state index >= 15 is 0 Å². The Hall–Kier alpha value is -2.17. The molecule has 1 aromatic carbocycles. The SMILES string of the molecule is CCc1ccc(C(=O)CCC(=O)NC(C)(CC)C(=O)O)cc1. The lowest BCUT2D eigenvalue weighted by Gasteiger charge is -2.24. The number of carboxylic acids is 1. The van der Waals surface area contributed by atoms with Gasteiger partial charge in [0.15, 0.2) is 5.78 Å². The monoisotopic (exact) mass is 305 g/mol. The lowest BCUT2D eigenvalue weighted by atomic mass is 9.98. The number of ketones is 1. The molecule has 0 fully saturated rings. The Morgan fingerprint density at radius 2 is 1.68 bits per heavy atom. The average Bonchev–Trinajstić information content (AvgIpc) is 2.52. The highest BCUT2D eigenvalue weighted by atomic mass is 16.4. The molecule has 0 radical (unpaired) electrons. The van der Waals surface area contributed by atoms with E-state index in [1.807, 2.05) is 19.1 Å². The van der Waals surface area contributed by atoms with E-state index in [4.69, 9.17) is 5.11 Å². The molecule has 1 unspecified atom stereocenters. The molecule has 5 nitrogen and oxygen atoms in total. The maximum absolute atomic E-state index is 12.0. The van der Waals surface area contributed by atoms with Crippen LogP contribution in [-0.4, -0.2) is 28.3 Å². The first-order valence-corrected chi connectivity index (χ1v) is 7.49. The molecule has 0 saturated carbocycles. The largest absolute Gasteiger partial charge is 0.480 e. The number of aryl methyl sites for hydroxylation is 1. The molecule has 0 aromatic heterocycles. The zero-order valence-electron chi connectivity index (χ0n) is 13.3. The van der Waals surface area contributed by atoms with Gasteiger partial charge in [-0.3, -0.25) is 9.59 Å². The van der Waals surface area contributed by atoms with Gasteiger partial charge in [-0.1, -0.05) is 38.1 Å². The number of carbonyl (C=O) groups excluding carboxylic acids is 2. The standard InChI is InChI=1S/C17H23NO4/c1-4-12-6-8-13(9-7-12)14(19)10-11-15(20)18-17(3,5-2)16(21)22/h6-9H,4-5,10-11H2,1-3H3,(H,18,20)(H,21,22). The maximum atomic E-state index is 12.0. The Morgan fingerprint density at radius 1 is 1.09 bits per heavy atom. The smallest absolute Gasteiger partial charge is 0.329 e. The number of nitrogens with one attached hydrogen (secondary N) is 1. The summed E-state index contributed by atoms with van der Waals surface area (Å²) in [7, 11) is 0. The third kappa shape index (κ3) is 4.69. The fourth-order valence-corrected chi connectivity index (χ4v) is 1.96. The van der Waals surface area contributed by atoms with Gasteiger partial charge in [0, 0.05) is 18.4 Å². The van der Waals surface area contributed by atoms with Crippen LogP contribution in [-0.2, 0) is 16.0 Å². The normalized spacial score (nSPS) is 13.2. The fourth-order valence-electron chi connectivity index (χ4n) is 1.96. The first kappa shape index (κ1) is 17.9. The molecule has 5 heteroatoms. The van der Waals surface area contributed by atoms with E-state index in [0.29, 0.717) is 5.56 Å². The van der Waals surface area contributed by atoms with Crippen LogP contribution >= 0.6 is 0 Å². The Kier molecular flexibility index (Phi) is 6.28. The number of aliphatic carboxylic acids is 1. The molecule has 120 valence electrons. The van der Waals surface area contributed by atoms with Crippen LogP contribution < -0.4 is 5.32 Å². The van der Waals surface area contributed by atoms with Gasteiger partial charge in [0.05, 0.1) is 0 Å². The van der Waals surface area contributed by atoms with Crippen LogP contribution in [0, 0.1) is 0 Å². The Morgan fingerprint density at radius 3 is 2.14 bits per heavy atom. The van der Waals surface area contributed by atoms with Crippen molar-refractivity contribution in [3.63, 3.8) is 0 Å². The predicted molar refractivity (Wildman–Crippen MR) is 83.9 cm³/mol. The van der Waals surface area contributed by atoms with Crippen molar-refractivity contribution in [3.05, 3.63) is 35.4 Å². The second kappa shape index (κ2) is 7.73. The molecule has 0 aliphatic rings. The van der Waals surface area contributed by atoms with Crippen molar-refractivity contribution in [1.82, 2.24) is 5.32 Å². The predicted octanol–water partition coefficient (Wildman–Crippen LogP) is 2.58. The van der Waals surface area contributed by atoms with E-state index in [2.05, 4.69) is 5.32 Å². The zero-order valence-corrected chi connectivity index (χ0v) is 13.3. The van der Waals surface area contributed by atoms with Crippen LogP contribution in [0.4, 0.5) is 0 Å². The molecule has 0 saturated heterocycles. The molecule has 0 heterocycles. The highest BCUT2D eigenvalue weighted by Gasteiger charge is 2.32. The molecule has 1 atom stereocenters. The van der Waals surface area contributed by atoms with Crippen LogP contribution in [0.25, 0.3) is 0 Å². The van der Waals surface area contributed by atoms with Crippen molar-refractivity contribution in [2.75, 3.05) is 0 Å². The van der Waals surface area contributed by atoms with Gasteiger partial charge < -0.3 is 10.4 Å². The molecule has 1 amide bonds. The third-order valence-corrected chi connectivity index (χ3v) is 3.86. The van der Waals surface area contributed by atoms with Gasteiger partial charge in [0.2, 0.25) is 5.91 Å². The van der Waals surface area contributed by atoms with Crippen LogP contribution in [0.3, 0.4) is 0 Å². The number of carboxylic acid groups (broad SMARTS) is 1. The van der Waals surface area contributed by atoms with Crippen molar-refractivity contribution >= 4 is 17.7 Å². The minimum Gasteiger partial charge on any atom is -0.480 e. The minimum absolute atomic E-state index is 0.0166. The number of hydrogen-bond donors (Lipinski definition) is 2. The lowest BCUT2D eigenvalue weighted by molar-refractivity contribution is -0.147. The molecule has 1 rings (SSSR count). The number of benzene rings is 1. The van der Waals surface area contributed by atoms with E-state index in [-0.39, 0.29) is 25.0 Å². The van der Waals surface area contributed by atoms with E-state index < -0.39 is 17.4 Å². The Bertz CT molecular complexity index is 550. The summed E-state index contributed by atoms with van der Waals surface area (Å²) in [6, 6.07) is 7.30. The van der Waals surface area contributed by atoms with Gasteiger partial charge in [-0.15, -0.1) is 0 Å². The summed E-state index contributed by atoms with van der Waals surface area (Å²) in [4.78, 5) is 35.0. The summed E-state index contributed by atoms with van der Waals surface area (Å²) in [5, 5.41) is 11.6. The number of amides is 1. The van der Waals surface area contributed by atoms with Gasteiger partial charge in [-0.05, 0) is 25.3 Å². The lowest BCUT2D eigenvalue weighted by Crippen LogP contribution is -2.51. The zero-order chi connectivity index (χ0) is 16.8. The van der Waals surface area contributed by atoms with Gasteiger partial charge in [0.25, 0.3) is 0 Å². The van der Waals surface area contributed by atoms with Gasteiger partial charge >= 0.3 is 5.97 Å². The number of hydrogen-bond acceptors (Lipinski definition) is 3. The number of rotatable bonds is 8. The van der Waals surface area contributed by atoms with Crippen LogP contribution in [0.5, 0.6) is 0 Å². The highest BCUT2D eigenvalue weighted by Crippen LogP contribution is 2.12. The summed E-state index contributed by atoms with van der Waals surface area (Å²) in [5.74, 6) is -1.62. The van der Waals surface area contributed by atoms with Crippen molar-refractivity contribution in [2.24, 2.45) is 0 Å². The second-order valence-corrected chi connectivity index (χ2v) is 5.51. The van der Waals surface area contributed by atoms with Crippen molar-refractivity contribution in [2.45, 2.75) is 52.0 Å². The second-order valence-electron chi connectivity index (χ2n) is 5.51. The summed E-state index contributed by atoms with van der Waals surface area (Å²) in [6.07, 6.45) is 1.23. The molecule has 1 aromatic rings. The van der Waals surface area contributed by atoms with E-state index in [1.54, 1.807) is 19.1 Å². The van der Waals surface area contributed by atoms with Crippen molar-refractivity contribution in [3.8, 4) is 0 Å². The molecular formula is C17H23NO4. The molecule has 22 heavy (non-hydrogen) atoms. The van der Waals surface area contributed by atoms with Crippen LogP contribution in [0.15, 0.2) is 24.3 Å². The Labute approximate surface area is 130 Å². The number of Topliss-reactive ketones (excluding diaryl/α,β-unsaturated/α-hetero) is 1. The molecular weight excluding hydrogens is 282 g/mol.